The molecule has 9 heteroatoms. The summed E-state index contributed by atoms with van der Waals surface area (Å²) in [6.07, 6.45) is 2.92. The second kappa shape index (κ2) is 6.29. The number of nitrogens with zero attached hydrogens (tertiary/aromatic N) is 3. The summed E-state index contributed by atoms with van der Waals surface area (Å²) in [5.41, 5.74) is 0.452. The number of sulfonamides is 1. The normalized spacial score (nSPS) is 20.8. The van der Waals surface area contributed by atoms with Gasteiger partial charge < -0.3 is 8.98 Å². The summed E-state index contributed by atoms with van der Waals surface area (Å²) < 4.78 is 32.9. The van der Waals surface area contributed by atoms with E-state index in [0.29, 0.717) is 42.9 Å². The van der Waals surface area contributed by atoms with E-state index in [0.717, 1.165) is 4.47 Å². The van der Waals surface area contributed by atoms with Crippen LogP contribution in [0.5, 0.6) is 0 Å². The number of aryl methyl sites for hydroxylation is 1. The van der Waals surface area contributed by atoms with Crippen LogP contribution in [0.25, 0.3) is 11.0 Å². The summed E-state index contributed by atoms with van der Waals surface area (Å²) in [7, 11) is -1.46. The van der Waals surface area contributed by atoms with Crippen LogP contribution in [0.3, 0.4) is 0 Å². The molecule has 0 amide bonds. The molecule has 7 nitrogen and oxygen atoms in total. The molecule has 0 aliphatic carbocycles. The van der Waals surface area contributed by atoms with Crippen molar-refractivity contribution in [2.75, 3.05) is 25.9 Å². The minimum Gasteiger partial charge on any atom is -0.458 e. The first-order valence-electron chi connectivity index (χ1n) is 7.63. The Hall–Kier alpha value is -1.16. The van der Waals surface area contributed by atoms with Crippen LogP contribution in [0.4, 0.5) is 0 Å². The molecule has 1 fully saturated rings. The summed E-state index contributed by atoms with van der Waals surface area (Å²) in [6.45, 7) is 4.10. The fourth-order valence-electron chi connectivity index (χ4n) is 3.03. The van der Waals surface area contributed by atoms with Crippen LogP contribution in [0, 0.1) is 0 Å². The van der Waals surface area contributed by atoms with Gasteiger partial charge in [0.05, 0.1) is 22.7 Å². The van der Waals surface area contributed by atoms with Gasteiger partial charge >= 0.3 is 0 Å². The first-order chi connectivity index (χ1) is 11.2. The van der Waals surface area contributed by atoms with Gasteiger partial charge in [0.25, 0.3) is 5.56 Å². The average molecular weight is 418 g/mol. The number of pyridine rings is 1. The van der Waals surface area contributed by atoms with Gasteiger partial charge in [-0.05, 0) is 28.9 Å². The fraction of sp³-hybridized carbons (Fsp3) is 0.533. The molecule has 1 aliphatic rings. The van der Waals surface area contributed by atoms with E-state index in [1.54, 1.807) is 19.3 Å². The highest BCUT2D eigenvalue weighted by molar-refractivity contribution is 9.10. The zero-order chi connectivity index (χ0) is 17.6. The molecule has 2 aromatic heterocycles. The summed E-state index contributed by atoms with van der Waals surface area (Å²) in [5, 5.41) is 0.546. The van der Waals surface area contributed by atoms with Crippen LogP contribution in [0.2, 0.25) is 0 Å². The van der Waals surface area contributed by atoms with Crippen molar-refractivity contribution in [3.8, 4) is 0 Å². The highest BCUT2D eigenvalue weighted by atomic mass is 79.9. The number of fused-ring (bicyclic) bond motifs is 1. The fourth-order valence-corrected chi connectivity index (χ4v) is 4.53. The third kappa shape index (κ3) is 3.30. The van der Waals surface area contributed by atoms with Crippen molar-refractivity contribution in [1.29, 1.82) is 0 Å². The molecular formula is C15H20BrN3O4S. The Labute approximate surface area is 149 Å². The molecule has 3 heterocycles. The second-order valence-corrected chi connectivity index (χ2v) is 9.13. The average Bonchev–Trinajstić information content (AvgIpc) is 2.90. The summed E-state index contributed by atoms with van der Waals surface area (Å²) in [6, 6.07) is 1.85. The molecule has 2 aromatic rings. The van der Waals surface area contributed by atoms with E-state index in [-0.39, 0.29) is 11.6 Å². The predicted molar refractivity (Wildman–Crippen MR) is 95.4 cm³/mol. The summed E-state index contributed by atoms with van der Waals surface area (Å²) in [5.74, 6) is 0.702. The van der Waals surface area contributed by atoms with Gasteiger partial charge in [-0.2, -0.15) is 4.31 Å². The lowest BCUT2D eigenvalue weighted by Gasteiger charge is -2.38. The molecule has 0 N–H and O–H groups in total. The van der Waals surface area contributed by atoms with Crippen molar-refractivity contribution >= 4 is 36.9 Å². The number of furan rings is 1. The van der Waals surface area contributed by atoms with Crippen molar-refractivity contribution in [3.05, 3.63) is 32.8 Å². The molecule has 1 saturated heterocycles. The molecule has 0 saturated carbocycles. The van der Waals surface area contributed by atoms with E-state index in [2.05, 4.69) is 20.8 Å². The van der Waals surface area contributed by atoms with Crippen LogP contribution in [0.1, 0.15) is 12.7 Å². The third-order valence-corrected chi connectivity index (χ3v) is 6.25. The minimum atomic E-state index is -3.16. The smallest absolute Gasteiger partial charge is 0.261 e. The zero-order valence-electron chi connectivity index (χ0n) is 13.8. The molecular weight excluding hydrogens is 398 g/mol. The molecule has 24 heavy (non-hydrogen) atoms. The standard InChI is InChI=1S/C15H20BrN3O4S/c1-10-7-19(24(3,21)22)5-4-18(10)8-11-6-12-14(23-11)13(16)9-17(2)15(12)20/h6,9-10H,4-5,7-8H2,1-3H3/t10-/m1/s1. The Kier molecular flexibility index (Phi) is 4.63. The molecule has 132 valence electrons. The maximum atomic E-state index is 12.2. The quantitative estimate of drug-likeness (QED) is 0.753. The predicted octanol–water partition coefficient (Wildman–Crippen LogP) is 1.36. The highest BCUT2D eigenvalue weighted by Gasteiger charge is 2.29. The zero-order valence-corrected chi connectivity index (χ0v) is 16.2. The molecule has 1 aliphatic heterocycles. The highest BCUT2D eigenvalue weighted by Crippen LogP contribution is 2.26. The van der Waals surface area contributed by atoms with E-state index in [9.17, 15) is 13.2 Å². The Bertz CT molecular complexity index is 934. The van der Waals surface area contributed by atoms with Gasteiger partial charge in [-0.1, -0.05) is 0 Å². The number of halogens is 1. The molecule has 0 aromatic carbocycles. The van der Waals surface area contributed by atoms with Crippen molar-refractivity contribution in [1.82, 2.24) is 13.8 Å². The SMILES string of the molecule is C[C@@H]1CN(S(C)(=O)=O)CCN1Cc1cc2c(=O)n(C)cc(Br)c2o1. The first kappa shape index (κ1) is 17.7. The monoisotopic (exact) mass is 417 g/mol. The van der Waals surface area contributed by atoms with Crippen molar-refractivity contribution in [3.63, 3.8) is 0 Å². The minimum absolute atomic E-state index is 0.0768. The lowest BCUT2D eigenvalue weighted by molar-refractivity contribution is 0.115. The van der Waals surface area contributed by atoms with E-state index in [4.69, 9.17) is 4.42 Å². The first-order valence-corrected chi connectivity index (χ1v) is 10.3. The number of rotatable bonds is 3. The molecule has 0 spiro atoms. The lowest BCUT2D eigenvalue weighted by atomic mass is 10.2. The molecule has 3 rings (SSSR count). The summed E-state index contributed by atoms with van der Waals surface area (Å²) >= 11 is 3.42. The molecule has 0 bridgehead atoms. The van der Waals surface area contributed by atoms with Gasteiger partial charge in [-0.3, -0.25) is 9.69 Å². The number of aromatic nitrogens is 1. The number of hydrogen-bond donors (Lipinski definition) is 0. The van der Waals surface area contributed by atoms with E-state index in [1.165, 1.54) is 15.1 Å². The maximum Gasteiger partial charge on any atom is 0.261 e. The largest absolute Gasteiger partial charge is 0.458 e. The van der Waals surface area contributed by atoms with Gasteiger partial charge in [-0.15, -0.1) is 0 Å². The lowest BCUT2D eigenvalue weighted by Crippen LogP contribution is -2.52. The van der Waals surface area contributed by atoms with E-state index < -0.39 is 10.0 Å². The van der Waals surface area contributed by atoms with Gasteiger partial charge in [0.15, 0.2) is 5.58 Å². The van der Waals surface area contributed by atoms with Crippen molar-refractivity contribution in [2.24, 2.45) is 7.05 Å². The molecule has 0 radical (unpaired) electrons. The molecule has 0 unspecified atom stereocenters. The molecule has 1 atom stereocenters. The summed E-state index contributed by atoms with van der Waals surface area (Å²) in [4.78, 5) is 14.4. The Balaban J connectivity index is 1.82. The third-order valence-electron chi connectivity index (χ3n) is 4.41. The van der Waals surface area contributed by atoms with Crippen LogP contribution >= 0.6 is 15.9 Å². The van der Waals surface area contributed by atoms with Gasteiger partial charge in [0.2, 0.25) is 10.0 Å². The van der Waals surface area contributed by atoms with Crippen LogP contribution in [0.15, 0.2) is 25.9 Å². The number of piperazine rings is 1. The van der Waals surface area contributed by atoms with Crippen molar-refractivity contribution in [2.45, 2.75) is 19.5 Å². The van der Waals surface area contributed by atoms with E-state index in [1.807, 2.05) is 6.92 Å². The number of hydrogen-bond acceptors (Lipinski definition) is 5. The van der Waals surface area contributed by atoms with Gasteiger partial charge in [-0.25, -0.2) is 8.42 Å². The van der Waals surface area contributed by atoms with Crippen LogP contribution in [-0.4, -0.2) is 54.1 Å². The topological polar surface area (TPSA) is 75.8 Å². The van der Waals surface area contributed by atoms with Crippen LogP contribution < -0.4 is 5.56 Å². The van der Waals surface area contributed by atoms with Gasteiger partial charge in [0, 0.05) is 38.9 Å². The Morgan fingerprint density at radius 2 is 2.08 bits per heavy atom. The van der Waals surface area contributed by atoms with E-state index >= 15 is 0 Å². The van der Waals surface area contributed by atoms with Crippen LogP contribution in [-0.2, 0) is 23.6 Å². The maximum absolute atomic E-state index is 12.2. The Morgan fingerprint density at radius 1 is 1.38 bits per heavy atom. The van der Waals surface area contributed by atoms with Crippen molar-refractivity contribution < 1.29 is 12.8 Å². The van der Waals surface area contributed by atoms with Gasteiger partial charge in [0.1, 0.15) is 5.76 Å². The Morgan fingerprint density at radius 3 is 2.71 bits per heavy atom. The second-order valence-electron chi connectivity index (χ2n) is 6.29.